The van der Waals surface area contributed by atoms with Gasteiger partial charge in [0.05, 0.1) is 12.2 Å². The lowest BCUT2D eigenvalue weighted by atomic mass is 10.2. The van der Waals surface area contributed by atoms with Crippen LogP contribution in [0.25, 0.3) is 0 Å². The highest BCUT2D eigenvalue weighted by molar-refractivity contribution is 7.16. The Bertz CT molecular complexity index is 711. The van der Waals surface area contributed by atoms with E-state index in [-0.39, 0.29) is 5.91 Å². The monoisotopic (exact) mass is 361 g/mol. The molecule has 1 amide bonds. The molecule has 134 valence electrons. The summed E-state index contributed by atoms with van der Waals surface area (Å²) in [7, 11) is 0. The lowest BCUT2D eigenvalue weighted by Crippen LogP contribution is -2.30. The number of nitrogens with one attached hydrogen (secondary N) is 1. The number of carbonyl (C=O) groups is 2. The Morgan fingerprint density at radius 1 is 1.20 bits per heavy atom. The molecule has 0 aliphatic rings. The first kappa shape index (κ1) is 19.0. The molecule has 25 heavy (non-hydrogen) atoms. The van der Waals surface area contributed by atoms with Gasteiger partial charge in [0.15, 0.2) is 6.10 Å². The van der Waals surface area contributed by atoms with Crippen molar-refractivity contribution in [3.8, 4) is 5.75 Å². The molecule has 0 saturated carbocycles. The fraction of sp³-hybridized carbons (Fsp3) is 0.368. The number of amides is 1. The van der Waals surface area contributed by atoms with E-state index < -0.39 is 12.1 Å². The summed E-state index contributed by atoms with van der Waals surface area (Å²) < 4.78 is 10.7. The second kappa shape index (κ2) is 9.22. The van der Waals surface area contributed by atoms with Crippen molar-refractivity contribution in [2.75, 3.05) is 11.9 Å². The first-order chi connectivity index (χ1) is 12.0. The Balaban J connectivity index is 2.11. The maximum absolute atomic E-state index is 12.4. The molecular formula is C19H23NO4S. The van der Waals surface area contributed by atoms with Gasteiger partial charge < -0.3 is 14.8 Å². The molecule has 1 atom stereocenters. The van der Waals surface area contributed by atoms with Gasteiger partial charge in [-0.25, -0.2) is 4.79 Å². The molecule has 1 heterocycles. The molecule has 2 aromatic rings. The predicted molar refractivity (Wildman–Crippen MR) is 99.4 cm³/mol. The highest BCUT2D eigenvalue weighted by Crippen LogP contribution is 2.30. The van der Waals surface area contributed by atoms with Gasteiger partial charge in [-0.3, -0.25) is 4.79 Å². The minimum absolute atomic E-state index is 0.290. The van der Waals surface area contributed by atoms with E-state index >= 15 is 0 Å². The van der Waals surface area contributed by atoms with Crippen molar-refractivity contribution in [3.63, 3.8) is 0 Å². The molecule has 1 aromatic heterocycles. The smallest absolute Gasteiger partial charge is 0.341 e. The van der Waals surface area contributed by atoms with Gasteiger partial charge in [0.2, 0.25) is 0 Å². The van der Waals surface area contributed by atoms with Crippen LogP contribution >= 0.6 is 11.3 Å². The summed E-state index contributed by atoms with van der Waals surface area (Å²) in [5.74, 6) is -0.110. The van der Waals surface area contributed by atoms with Crippen LogP contribution in [0, 0.1) is 0 Å². The Kier molecular flexibility index (Phi) is 7.01. The van der Waals surface area contributed by atoms with Gasteiger partial charge in [0.25, 0.3) is 5.91 Å². The summed E-state index contributed by atoms with van der Waals surface area (Å²) in [5, 5.41) is 3.31. The summed E-state index contributed by atoms with van der Waals surface area (Å²) in [4.78, 5) is 25.6. The van der Waals surface area contributed by atoms with E-state index in [2.05, 4.69) is 12.2 Å². The standard InChI is InChI=1S/C19H23NO4S/c1-4-9-15-12-16(19(22)23-5-2)18(25-15)20-17(21)13(3)24-14-10-7-6-8-11-14/h6-8,10-13H,4-5,9H2,1-3H3,(H,20,21)/t13-/m1/s1. The number of hydrogen-bond donors (Lipinski definition) is 1. The third kappa shape index (κ3) is 5.32. The molecule has 6 heteroatoms. The molecule has 1 N–H and O–H groups in total. The largest absolute Gasteiger partial charge is 0.481 e. The SMILES string of the molecule is CCCc1cc(C(=O)OCC)c(NC(=O)[C@@H](C)Oc2ccccc2)s1. The van der Waals surface area contributed by atoms with Crippen molar-refractivity contribution in [2.45, 2.75) is 39.7 Å². The van der Waals surface area contributed by atoms with Crippen molar-refractivity contribution in [2.24, 2.45) is 0 Å². The van der Waals surface area contributed by atoms with E-state index in [1.807, 2.05) is 18.2 Å². The molecule has 2 rings (SSSR count). The van der Waals surface area contributed by atoms with Crippen molar-refractivity contribution >= 4 is 28.2 Å². The normalized spacial score (nSPS) is 11.6. The number of ether oxygens (including phenoxy) is 2. The number of hydrogen-bond acceptors (Lipinski definition) is 5. The summed E-state index contributed by atoms with van der Waals surface area (Å²) in [6.45, 7) is 5.79. The van der Waals surface area contributed by atoms with E-state index in [9.17, 15) is 9.59 Å². The summed E-state index contributed by atoms with van der Waals surface area (Å²) in [6, 6.07) is 10.9. The molecule has 0 saturated heterocycles. The molecule has 5 nitrogen and oxygen atoms in total. The first-order valence-corrected chi connectivity index (χ1v) is 9.19. The summed E-state index contributed by atoms with van der Waals surface area (Å²) in [6.07, 6.45) is 1.13. The molecule has 0 aliphatic carbocycles. The highest BCUT2D eigenvalue weighted by Gasteiger charge is 2.22. The van der Waals surface area contributed by atoms with Gasteiger partial charge in [-0.15, -0.1) is 11.3 Å². The Morgan fingerprint density at radius 3 is 2.56 bits per heavy atom. The van der Waals surface area contributed by atoms with Crippen LogP contribution in [0.5, 0.6) is 5.75 Å². The van der Waals surface area contributed by atoms with Gasteiger partial charge in [-0.05, 0) is 38.5 Å². The average Bonchev–Trinajstić information content (AvgIpc) is 2.99. The highest BCUT2D eigenvalue weighted by atomic mass is 32.1. The van der Waals surface area contributed by atoms with Crippen molar-refractivity contribution in [1.82, 2.24) is 0 Å². The quantitative estimate of drug-likeness (QED) is 0.713. The van der Waals surface area contributed by atoms with Crippen molar-refractivity contribution in [3.05, 3.63) is 46.8 Å². The first-order valence-electron chi connectivity index (χ1n) is 8.37. The number of aryl methyl sites for hydroxylation is 1. The van der Waals surface area contributed by atoms with Crippen LogP contribution in [0.2, 0.25) is 0 Å². The second-order valence-corrected chi connectivity index (χ2v) is 6.63. The lowest BCUT2D eigenvalue weighted by Gasteiger charge is -2.14. The number of anilines is 1. The second-order valence-electron chi connectivity index (χ2n) is 5.49. The van der Waals surface area contributed by atoms with Crippen LogP contribution in [0.1, 0.15) is 42.4 Å². The number of thiophene rings is 1. The fourth-order valence-electron chi connectivity index (χ4n) is 2.24. The van der Waals surface area contributed by atoms with Gasteiger partial charge in [-0.2, -0.15) is 0 Å². The minimum atomic E-state index is -0.686. The zero-order valence-corrected chi connectivity index (χ0v) is 15.5. The van der Waals surface area contributed by atoms with Crippen molar-refractivity contribution in [1.29, 1.82) is 0 Å². The van der Waals surface area contributed by atoms with Crippen LogP contribution < -0.4 is 10.1 Å². The topological polar surface area (TPSA) is 64.6 Å². The molecule has 0 radical (unpaired) electrons. The van der Waals surface area contributed by atoms with Gasteiger partial charge in [0.1, 0.15) is 10.8 Å². The Labute approximate surface area is 152 Å². The van der Waals surface area contributed by atoms with E-state index in [0.29, 0.717) is 22.9 Å². The third-order valence-electron chi connectivity index (χ3n) is 3.44. The van der Waals surface area contributed by atoms with Crippen molar-refractivity contribution < 1.29 is 19.1 Å². The Morgan fingerprint density at radius 2 is 1.92 bits per heavy atom. The third-order valence-corrected chi connectivity index (χ3v) is 4.55. The summed E-state index contributed by atoms with van der Waals surface area (Å²) in [5.41, 5.74) is 0.399. The fourth-order valence-corrected chi connectivity index (χ4v) is 3.38. The maximum atomic E-state index is 12.4. The number of rotatable bonds is 8. The van der Waals surface area contributed by atoms with Gasteiger partial charge in [0, 0.05) is 4.88 Å². The van der Waals surface area contributed by atoms with Crippen LogP contribution in [0.4, 0.5) is 5.00 Å². The van der Waals surface area contributed by atoms with Gasteiger partial charge in [-0.1, -0.05) is 31.5 Å². The molecule has 0 fully saturated rings. The summed E-state index contributed by atoms with van der Waals surface area (Å²) >= 11 is 1.40. The number of benzene rings is 1. The minimum Gasteiger partial charge on any atom is -0.481 e. The number of carbonyl (C=O) groups excluding carboxylic acids is 2. The van der Waals surface area contributed by atoms with Crippen LogP contribution in [0.3, 0.4) is 0 Å². The van der Waals surface area contributed by atoms with Crippen LogP contribution in [-0.2, 0) is 16.0 Å². The van der Waals surface area contributed by atoms with Crippen LogP contribution in [-0.4, -0.2) is 24.6 Å². The Hall–Kier alpha value is -2.34. The molecule has 1 aromatic carbocycles. The van der Waals surface area contributed by atoms with E-state index in [0.717, 1.165) is 17.7 Å². The zero-order valence-electron chi connectivity index (χ0n) is 14.7. The molecule has 0 aliphatic heterocycles. The number of para-hydroxylation sites is 1. The molecule has 0 spiro atoms. The van der Waals surface area contributed by atoms with Gasteiger partial charge >= 0.3 is 5.97 Å². The molecule has 0 unspecified atom stereocenters. The molecular weight excluding hydrogens is 338 g/mol. The van der Waals surface area contributed by atoms with E-state index in [1.165, 1.54) is 11.3 Å². The maximum Gasteiger partial charge on any atom is 0.341 e. The molecule has 0 bridgehead atoms. The lowest BCUT2D eigenvalue weighted by molar-refractivity contribution is -0.122. The predicted octanol–water partition coefficient (Wildman–Crippen LogP) is 4.28. The van der Waals surface area contributed by atoms with E-state index in [4.69, 9.17) is 9.47 Å². The van der Waals surface area contributed by atoms with E-state index in [1.54, 1.807) is 32.0 Å². The average molecular weight is 361 g/mol. The zero-order chi connectivity index (χ0) is 18.2. The van der Waals surface area contributed by atoms with Crippen LogP contribution in [0.15, 0.2) is 36.4 Å². The number of esters is 1.